The molecule has 132 valence electrons. The number of carboxylic acids is 2. The Labute approximate surface area is 146 Å². The van der Waals surface area contributed by atoms with Crippen molar-refractivity contribution in [1.29, 1.82) is 0 Å². The average Bonchev–Trinajstić information content (AvgIpc) is 2.85. The maximum Gasteiger partial charge on any atom is 0.336 e. The number of hydrogen-bond acceptors (Lipinski definition) is 5. The summed E-state index contributed by atoms with van der Waals surface area (Å²) in [6.45, 7) is 0. The van der Waals surface area contributed by atoms with Gasteiger partial charge in [0.2, 0.25) is 0 Å². The first kappa shape index (κ1) is 17.2. The molecule has 1 aliphatic rings. The van der Waals surface area contributed by atoms with Gasteiger partial charge < -0.3 is 15.3 Å². The summed E-state index contributed by atoms with van der Waals surface area (Å²) in [6.07, 6.45) is -0.177. The second-order valence-corrected chi connectivity index (χ2v) is 5.74. The van der Waals surface area contributed by atoms with Crippen LogP contribution < -0.4 is 0 Å². The van der Waals surface area contributed by atoms with Gasteiger partial charge in [-0.3, -0.25) is 14.5 Å². The van der Waals surface area contributed by atoms with Crippen LogP contribution in [0.2, 0.25) is 0 Å². The molecule has 0 aromatic heterocycles. The third-order valence-electron chi connectivity index (χ3n) is 4.14. The quantitative estimate of drug-likeness (QED) is 0.690. The molecule has 1 aliphatic heterocycles. The molecule has 1 heterocycles. The summed E-state index contributed by atoms with van der Waals surface area (Å²) < 4.78 is 0. The van der Waals surface area contributed by atoms with Crippen LogP contribution in [-0.4, -0.2) is 50.0 Å². The Morgan fingerprint density at radius 1 is 0.962 bits per heavy atom. The number of carboxylic acid groups (broad SMARTS) is 2. The molecule has 0 unspecified atom stereocenters. The molecule has 0 saturated heterocycles. The van der Waals surface area contributed by atoms with Crippen LogP contribution in [0.3, 0.4) is 0 Å². The van der Waals surface area contributed by atoms with Crippen LogP contribution >= 0.6 is 0 Å². The van der Waals surface area contributed by atoms with Crippen molar-refractivity contribution in [2.24, 2.45) is 0 Å². The Morgan fingerprint density at radius 2 is 1.62 bits per heavy atom. The number of fused-ring (bicyclic) bond motifs is 1. The predicted octanol–water partition coefficient (Wildman–Crippen LogP) is 1.38. The summed E-state index contributed by atoms with van der Waals surface area (Å²) >= 11 is 0. The molecular weight excluding hydrogens is 342 g/mol. The normalized spacial score (nSPS) is 14.2. The Bertz CT molecular complexity index is 933. The molecule has 2 aromatic carbocycles. The van der Waals surface area contributed by atoms with Gasteiger partial charge in [0, 0.05) is 6.42 Å². The first-order valence-corrected chi connectivity index (χ1v) is 7.56. The zero-order chi connectivity index (χ0) is 19.0. The molecule has 2 amide bonds. The molecule has 2 aromatic rings. The minimum atomic E-state index is -1.51. The Hall–Kier alpha value is -3.68. The number of amides is 2. The number of carbonyl (C=O) groups excluding carboxylic acids is 2. The van der Waals surface area contributed by atoms with E-state index in [1.807, 2.05) is 0 Å². The van der Waals surface area contributed by atoms with Crippen molar-refractivity contribution in [2.45, 2.75) is 12.5 Å². The lowest BCUT2D eigenvalue weighted by molar-refractivity contribution is -0.141. The van der Waals surface area contributed by atoms with Gasteiger partial charge in [-0.05, 0) is 29.8 Å². The SMILES string of the molecule is O=C(O)c1cccc2c1C(=O)N([C@@H](Cc1ccc(O)cc1)C(=O)O)C2=O. The monoisotopic (exact) mass is 355 g/mol. The third-order valence-corrected chi connectivity index (χ3v) is 4.14. The van der Waals surface area contributed by atoms with Gasteiger partial charge in [-0.25, -0.2) is 9.59 Å². The number of nitrogens with zero attached hydrogens (tertiary/aromatic N) is 1. The first-order chi connectivity index (χ1) is 12.3. The van der Waals surface area contributed by atoms with Crippen molar-refractivity contribution in [2.75, 3.05) is 0 Å². The van der Waals surface area contributed by atoms with E-state index in [9.17, 15) is 34.5 Å². The fourth-order valence-corrected chi connectivity index (χ4v) is 2.91. The van der Waals surface area contributed by atoms with Gasteiger partial charge in [-0.2, -0.15) is 0 Å². The van der Waals surface area contributed by atoms with Crippen LogP contribution in [0.4, 0.5) is 0 Å². The fraction of sp³-hybridized carbons (Fsp3) is 0.111. The number of carbonyl (C=O) groups is 4. The predicted molar refractivity (Wildman–Crippen MR) is 87.1 cm³/mol. The molecule has 3 N–H and O–H groups in total. The number of aromatic carboxylic acids is 1. The highest BCUT2D eigenvalue weighted by Crippen LogP contribution is 2.29. The number of phenols is 1. The number of benzene rings is 2. The number of rotatable bonds is 5. The highest BCUT2D eigenvalue weighted by molar-refractivity contribution is 6.25. The standard InChI is InChI=1S/C18H13NO7/c20-10-6-4-9(5-7-10)8-13(18(25)26)19-15(21)11-2-1-3-12(17(23)24)14(11)16(19)22/h1-7,13,20H,8H2,(H,23,24)(H,25,26)/t13-/m0/s1. The van der Waals surface area contributed by atoms with Gasteiger partial charge in [0.25, 0.3) is 11.8 Å². The fourth-order valence-electron chi connectivity index (χ4n) is 2.91. The molecule has 3 rings (SSSR count). The lowest BCUT2D eigenvalue weighted by Gasteiger charge is -2.22. The lowest BCUT2D eigenvalue weighted by atomic mass is 10.0. The van der Waals surface area contributed by atoms with Crippen LogP contribution in [-0.2, 0) is 11.2 Å². The molecule has 1 atom stereocenters. The molecule has 0 aliphatic carbocycles. The van der Waals surface area contributed by atoms with E-state index >= 15 is 0 Å². The first-order valence-electron chi connectivity index (χ1n) is 7.56. The van der Waals surface area contributed by atoms with Crippen molar-refractivity contribution < 1.29 is 34.5 Å². The molecule has 8 nitrogen and oxygen atoms in total. The minimum absolute atomic E-state index is 0.00699. The number of aliphatic carboxylic acids is 1. The summed E-state index contributed by atoms with van der Waals surface area (Å²) in [4.78, 5) is 48.8. The van der Waals surface area contributed by atoms with Gasteiger partial charge in [-0.1, -0.05) is 18.2 Å². The Balaban J connectivity index is 2.01. The molecule has 0 spiro atoms. The van der Waals surface area contributed by atoms with Crippen molar-refractivity contribution in [3.63, 3.8) is 0 Å². The largest absolute Gasteiger partial charge is 0.508 e. The van der Waals surface area contributed by atoms with E-state index in [1.165, 1.54) is 42.5 Å². The van der Waals surface area contributed by atoms with E-state index in [-0.39, 0.29) is 28.9 Å². The van der Waals surface area contributed by atoms with E-state index in [2.05, 4.69) is 0 Å². The van der Waals surface area contributed by atoms with E-state index in [0.717, 1.165) is 0 Å². The maximum atomic E-state index is 12.7. The molecule has 0 bridgehead atoms. The zero-order valence-electron chi connectivity index (χ0n) is 13.2. The zero-order valence-corrected chi connectivity index (χ0v) is 13.2. The van der Waals surface area contributed by atoms with Gasteiger partial charge >= 0.3 is 11.9 Å². The second kappa shape index (κ2) is 6.32. The van der Waals surface area contributed by atoms with Crippen LogP contribution in [0.5, 0.6) is 5.75 Å². The van der Waals surface area contributed by atoms with Crippen molar-refractivity contribution in [3.8, 4) is 5.75 Å². The molecule has 0 radical (unpaired) electrons. The van der Waals surface area contributed by atoms with E-state index < -0.39 is 29.8 Å². The van der Waals surface area contributed by atoms with Gasteiger partial charge in [0.1, 0.15) is 11.8 Å². The summed E-state index contributed by atoms with van der Waals surface area (Å²) in [5, 5.41) is 28.1. The molecule has 8 heteroatoms. The van der Waals surface area contributed by atoms with Crippen molar-refractivity contribution >= 4 is 23.8 Å². The smallest absolute Gasteiger partial charge is 0.336 e. The molecular formula is C18H13NO7. The van der Waals surface area contributed by atoms with Crippen molar-refractivity contribution in [1.82, 2.24) is 4.90 Å². The molecule has 0 saturated carbocycles. The van der Waals surface area contributed by atoms with E-state index in [4.69, 9.17) is 0 Å². The summed E-state index contributed by atoms with van der Waals surface area (Å²) in [5.41, 5.74) is -0.295. The molecule has 0 fully saturated rings. The van der Waals surface area contributed by atoms with Gasteiger partial charge in [-0.15, -0.1) is 0 Å². The van der Waals surface area contributed by atoms with Gasteiger partial charge in [0.15, 0.2) is 0 Å². The average molecular weight is 355 g/mol. The lowest BCUT2D eigenvalue weighted by Crippen LogP contribution is -2.46. The highest BCUT2D eigenvalue weighted by Gasteiger charge is 2.44. The topological polar surface area (TPSA) is 132 Å². The maximum absolute atomic E-state index is 12.7. The van der Waals surface area contributed by atoms with Crippen LogP contribution in [0, 0.1) is 0 Å². The number of hydrogen-bond donors (Lipinski definition) is 3. The van der Waals surface area contributed by atoms with E-state index in [1.54, 1.807) is 0 Å². The molecule has 26 heavy (non-hydrogen) atoms. The summed E-state index contributed by atoms with van der Waals surface area (Å²) in [7, 11) is 0. The van der Waals surface area contributed by atoms with Crippen LogP contribution in [0.1, 0.15) is 36.6 Å². The minimum Gasteiger partial charge on any atom is -0.508 e. The number of aromatic hydroxyl groups is 1. The Morgan fingerprint density at radius 3 is 2.19 bits per heavy atom. The number of phenolic OH excluding ortho intramolecular Hbond substituents is 1. The van der Waals surface area contributed by atoms with Crippen molar-refractivity contribution in [3.05, 3.63) is 64.7 Å². The van der Waals surface area contributed by atoms with Crippen LogP contribution in [0.15, 0.2) is 42.5 Å². The summed E-state index contributed by atoms with van der Waals surface area (Å²) in [6, 6.07) is 7.98. The summed E-state index contributed by atoms with van der Waals surface area (Å²) in [5.74, 6) is -4.58. The number of imide groups is 1. The van der Waals surface area contributed by atoms with Crippen LogP contribution in [0.25, 0.3) is 0 Å². The second-order valence-electron chi connectivity index (χ2n) is 5.74. The highest BCUT2D eigenvalue weighted by atomic mass is 16.4. The van der Waals surface area contributed by atoms with Gasteiger partial charge in [0.05, 0.1) is 16.7 Å². The third kappa shape index (κ3) is 2.77. The Kier molecular flexibility index (Phi) is 4.17. The van der Waals surface area contributed by atoms with E-state index in [0.29, 0.717) is 10.5 Å².